The Labute approximate surface area is 120 Å². The van der Waals surface area contributed by atoms with Gasteiger partial charge < -0.3 is 15.8 Å². The van der Waals surface area contributed by atoms with Crippen molar-refractivity contribution in [2.24, 2.45) is 5.73 Å². The Morgan fingerprint density at radius 3 is 2.85 bits per heavy atom. The Hall–Kier alpha value is -1.55. The van der Waals surface area contributed by atoms with Gasteiger partial charge in [0.1, 0.15) is 5.75 Å². The number of hydrogen-bond donors (Lipinski definition) is 2. The molecule has 110 valence electrons. The third-order valence-electron chi connectivity index (χ3n) is 3.98. The van der Waals surface area contributed by atoms with Gasteiger partial charge in [-0.25, -0.2) is 0 Å². The van der Waals surface area contributed by atoms with Crippen molar-refractivity contribution in [2.45, 2.75) is 44.1 Å². The third-order valence-corrected chi connectivity index (χ3v) is 3.98. The molecule has 0 atom stereocenters. The summed E-state index contributed by atoms with van der Waals surface area (Å²) in [6.07, 6.45) is 5.49. The molecule has 0 saturated heterocycles. The van der Waals surface area contributed by atoms with Crippen LogP contribution < -0.4 is 15.8 Å². The Bertz CT molecular complexity index is 454. The Morgan fingerprint density at radius 2 is 2.15 bits per heavy atom. The van der Waals surface area contributed by atoms with Crippen LogP contribution in [0, 0.1) is 0 Å². The number of methoxy groups -OCH3 is 1. The second-order valence-electron chi connectivity index (χ2n) is 5.70. The van der Waals surface area contributed by atoms with E-state index in [9.17, 15) is 4.79 Å². The van der Waals surface area contributed by atoms with Crippen LogP contribution in [0.3, 0.4) is 0 Å². The van der Waals surface area contributed by atoms with Gasteiger partial charge >= 0.3 is 0 Å². The number of carbonyl (C=O) groups is 1. The first-order chi connectivity index (χ1) is 9.61. The van der Waals surface area contributed by atoms with Gasteiger partial charge in [0.05, 0.1) is 7.11 Å². The van der Waals surface area contributed by atoms with E-state index in [2.05, 4.69) is 5.32 Å². The molecular formula is C16H24N2O2. The van der Waals surface area contributed by atoms with E-state index in [4.69, 9.17) is 10.5 Å². The minimum atomic E-state index is -0.264. The van der Waals surface area contributed by atoms with Crippen LogP contribution in [-0.4, -0.2) is 25.1 Å². The quantitative estimate of drug-likeness (QED) is 0.835. The lowest BCUT2D eigenvalue weighted by Gasteiger charge is -2.22. The first-order valence-corrected chi connectivity index (χ1v) is 7.30. The lowest BCUT2D eigenvalue weighted by molar-refractivity contribution is -0.122. The topological polar surface area (TPSA) is 64.3 Å². The molecule has 1 aromatic carbocycles. The highest BCUT2D eigenvalue weighted by Crippen LogP contribution is 2.29. The lowest BCUT2D eigenvalue weighted by atomic mass is 9.94. The van der Waals surface area contributed by atoms with E-state index in [0.717, 1.165) is 43.4 Å². The molecule has 3 N–H and O–H groups in total. The van der Waals surface area contributed by atoms with Gasteiger partial charge in [0.25, 0.3) is 0 Å². The van der Waals surface area contributed by atoms with Crippen LogP contribution in [0.5, 0.6) is 5.75 Å². The van der Waals surface area contributed by atoms with Crippen molar-refractivity contribution in [3.05, 3.63) is 29.8 Å². The summed E-state index contributed by atoms with van der Waals surface area (Å²) < 4.78 is 5.18. The number of benzene rings is 1. The van der Waals surface area contributed by atoms with Gasteiger partial charge in [-0.15, -0.1) is 0 Å². The van der Waals surface area contributed by atoms with Gasteiger partial charge in [-0.2, -0.15) is 0 Å². The second kappa shape index (κ2) is 6.75. The van der Waals surface area contributed by atoms with E-state index in [1.165, 1.54) is 0 Å². The average molecular weight is 276 g/mol. The van der Waals surface area contributed by atoms with Crippen LogP contribution >= 0.6 is 0 Å². The summed E-state index contributed by atoms with van der Waals surface area (Å²) in [6.45, 7) is 0.641. The van der Waals surface area contributed by atoms with E-state index < -0.39 is 0 Å². The van der Waals surface area contributed by atoms with Crippen molar-refractivity contribution in [1.29, 1.82) is 0 Å². The maximum Gasteiger partial charge on any atom is 0.221 e. The Balaban J connectivity index is 1.73. The fourth-order valence-electron chi connectivity index (χ4n) is 2.81. The highest BCUT2D eigenvalue weighted by Gasteiger charge is 2.31. The minimum Gasteiger partial charge on any atom is -0.497 e. The highest BCUT2D eigenvalue weighted by atomic mass is 16.5. The molecule has 1 aromatic rings. The van der Waals surface area contributed by atoms with E-state index in [0.29, 0.717) is 13.0 Å². The molecule has 0 radical (unpaired) electrons. The molecule has 0 bridgehead atoms. The summed E-state index contributed by atoms with van der Waals surface area (Å²) in [5.74, 6) is 0.915. The predicted octanol–water partition coefficient (Wildman–Crippen LogP) is 2.02. The van der Waals surface area contributed by atoms with E-state index in [1.807, 2.05) is 24.3 Å². The van der Waals surface area contributed by atoms with Gasteiger partial charge in [-0.1, -0.05) is 25.0 Å². The Kier molecular flexibility index (Phi) is 5.01. The van der Waals surface area contributed by atoms with Gasteiger partial charge in [-0.3, -0.25) is 4.79 Å². The minimum absolute atomic E-state index is 0.0669. The average Bonchev–Trinajstić information content (AvgIpc) is 2.85. The molecule has 1 aliphatic rings. The molecule has 0 aromatic heterocycles. The number of nitrogens with one attached hydrogen (secondary N) is 1. The third kappa shape index (κ3) is 4.23. The zero-order valence-electron chi connectivity index (χ0n) is 12.2. The van der Waals surface area contributed by atoms with Gasteiger partial charge in [0, 0.05) is 18.5 Å². The van der Waals surface area contributed by atoms with Crippen LogP contribution in [-0.2, 0) is 11.2 Å². The van der Waals surface area contributed by atoms with Gasteiger partial charge in [0.15, 0.2) is 0 Å². The maximum absolute atomic E-state index is 11.9. The highest BCUT2D eigenvalue weighted by molar-refractivity contribution is 5.77. The summed E-state index contributed by atoms with van der Waals surface area (Å²) in [4.78, 5) is 11.9. The van der Waals surface area contributed by atoms with E-state index in [-0.39, 0.29) is 11.4 Å². The zero-order chi connectivity index (χ0) is 14.4. The SMILES string of the molecule is COc1cccc(CCNC(=O)CC2(N)CCCC2)c1. The monoisotopic (exact) mass is 276 g/mol. The molecule has 0 aliphatic heterocycles. The van der Waals surface area contributed by atoms with Crippen LogP contribution in [0.4, 0.5) is 0 Å². The molecule has 4 nitrogen and oxygen atoms in total. The summed E-state index contributed by atoms with van der Waals surface area (Å²) in [5.41, 5.74) is 7.10. The number of amides is 1. The first-order valence-electron chi connectivity index (χ1n) is 7.30. The van der Waals surface area contributed by atoms with Crippen LogP contribution in [0.25, 0.3) is 0 Å². The van der Waals surface area contributed by atoms with E-state index in [1.54, 1.807) is 7.11 Å². The molecule has 1 saturated carbocycles. The van der Waals surface area contributed by atoms with Crippen molar-refractivity contribution < 1.29 is 9.53 Å². The van der Waals surface area contributed by atoms with Crippen LogP contribution in [0.15, 0.2) is 24.3 Å². The smallest absolute Gasteiger partial charge is 0.221 e. The number of rotatable bonds is 6. The van der Waals surface area contributed by atoms with Gasteiger partial charge in [0.2, 0.25) is 5.91 Å². The number of ether oxygens (including phenoxy) is 1. The fraction of sp³-hybridized carbons (Fsp3) is 0.562. The van der Waals surface area contributed by atoms with Crippen LogP contribution in [0.1, 0.15) is 37.7 Å². The summed E-state index contributed by atoms with van der Waals surface area (Å²) in [6, 6.07) is 7.91. The maximum atomic E-state index is 11.9. The normalized spacial score (nSPS) is 16.9. The molecule has 1 fully saturated rings. The lowest BCUT2D eigenvalue weighted by Crippen LogP contribution is -2.42. The zero-order valence-corrected chi connectivity index (χ0v) is 12.2. The fourth-order valence-corrected chi connectivity index (χ4v) is 2.81. The largest absolute Gasteiger partial charge is 0.497 e. The molecular weight excluding hydrogens is 252 g/mol. The van der Waals surface area contributed by atoms with Crippen molar-refractivity contribution in [3.63, 3.8) is 0 Å². The van der Waals surface area contributed by atoms with Crippen molar-refractivity contribution in [3.8, 4) is 5.75 Å². The molecule has 0 unspecified atom stereocenters. The molecule has 20 heavy (non-hydrogen) atoms. The Morgan fingerprint density at radius 1 is 1.40 bits per heavy atom. The molecule has 2 rings (SSSR count). The summed E-state index contributed by atoms with van der Waals surface area (Å²) >= 11 is 0. The second-order valence-corrected chi connectivity index (χ2v) is 5.70. The van der Waals surface area contributed by atoms with Gasteiger partial charge in [-0.05, 0) is 37.0 Å². The standard InChI is InChI=1S/C16H24N2O2/c1-20-14-6-4-5-13(11-14)7-10-18-15(19)12-16(17)8-2-3-9-16/h4-6,11H,2-3,7-10,12,17H2,1H3,(H,18,19). The van der Waals surface area contributed by atoms with Crippen molar-refractivity contribution in [2.75, 3.05) is 13.7 Å². The van der Waals surface area contributed by atoms with Crippen molar-refractivity contribution >= 4 is 5.91 Å². The van der Waals surface area contributed by atoms with E-state index >= 15 is 0 Å². The number of nitrogens with two attached hydrogens (primary N) is 1. The number of hydrogen-bond acceptors (Lipinski definition) is 3. The summed E-state index contributed by atoms with van der Waals surface area (Å²) in [7, 11) is 1.66. The first kappa shape index (κ1) is 14.9. The molecule has 4 heteroatoms. The number of carbonyl (C=O) groups excluding carboxylic acids is 1. The molecule has 0 heterocycles. The molecule has 1 aliphatic carbocycles. The molecule has 0 spiro atoms. The van der Waals surface area contributed by atoms with Crippen LogP contribution in [0.2, 0.25) is 0 Å². The predicted molar refractivity (Wildman–Crippen MR) is 79.7 cm³/mol. The summed E-state index contributed by atoms with van der Waals surface area (Å²) in [5, 5.41) is 2.96. The molecule has 1 amide bonds. The van der Waals surface area contributed by atoms with Crippen molar-refractivity contribution in [1.82, 2.24) is 5.32 Å².